The monoisotopic (exact) mass is 113 g/mol. The van der Waals surface area contributed by atoms with E-state index in [-0.39, 0.29) is 0 Å². The van der Waals surface area contributed by atoms with E-state index in [9.17, 15) is 0 Å². The first kappa shape index (κ1) is 6.09. The highest BCUT2D eigenvalue weighted by molar-refractivity contribution is 4.88. The summed E-state index contributed by atoms with van der Waals surface area (Å²) in [7, 11) is 0. The molecule has 1 heteroatoms. The molecule has 0 aromatic rings. The van der Waals surface area contributed by atoms with Crippen LogP contribution in [0.1, 0.15) is 26.7 Å². The number of hydrogen-bond acceptors (Lipinski definition) is 1. The molecule has 0 spiro atoms. The summed E-state index contributed by atoms with van der Waals surface area (Å²) >= 11 is 0. The third-order valence-corrected chi connectivity index (χ3v) is 1.77. The molecular weight excluding hydrogens is 98.1 g/mol. The van der Waals surface area contributed by atoms with Crippen LogP contribution in [0.5, 0.6) is 0 Å². The van der Waals surface area contributed by atoms with Gasteiger partial charge in [-0.1, -0.05) is 13.8 Å². The predicted octanol–water partition coefficient (Wildman–Crippen LogP) is 1.39. The van der Waals surface area contributed by atoms with Crippen molar-refractivity contribution in [1.29, 1.82) is 0 Å². The third-order valence-electron chi connectivity index (χ3n) is 1.77. The summed E-state index contributed by atoms with van der Waals surface area (Å²) in [5.41, 5.74) is 0. The van der Waals surface area contributed by atoms with Crippen molar-refractivity contribution in [3.8, 4) is 0 Å². The minimum atomic E-state index is 0.870. The van der Waals surface area contributed by atoms with Crippen molar-refractivity contribution < 1.29 is 0 Å². The van der Waals surface area contributed by atoms with Gasteiger partial charge in [0.1, 0.15) is 0 Å². The molecule has 8 heavy (non-hydrogen) atoms. The fourth-order valence-corrected chi connectivity index (χ4v) is 0.936. The smallest absolute Gasteiger partial charge is 0.00963 e. The molecule has 1 N–H and O–H groups in total. The van der Waals surface area contributed by atoms with Gasteiger partial charge in [0.25, 0.3) is 0 Å². The van der Waals surface area contributed by atoms with E-state index in [1.54, 1.807) is 0 Å². The topological polar surface area (TPSA) is 12.0 Å². The lowest BCUT2D eigenvalue weighted by molar-refractivity contribution is 0.641. The molecule has 1 nitrogen and oxygen atoms in total. The average Bonchev–Trinajstić information content (AvgIpc) is 2.42. The van der Waals surface area contributed by atoms with Crippen molar-refractivity contribution in [2.45, 2.75) is 32.7 Å². The number of rotatable bonds is 3. The highest BCUT2D eigenvalue weighted by Crippen LogP contribution is 2.28. The minimum Gasteiger partial charge on any atom is -0.314 e. The lowest BCUT2D eigenvalue weighted by atomic mass is 10.4. The first-order valence-electron chi connectivity index (χ1n) is 3.58. The van der Waals surface area contributed by atoms with Gasteiger partial charge in [-0.15, -0.1) is 0 Å². The minimum absolute atomic E-state index is 0.870. The van der Waals surface area contributed by atoms with Crippen LogP contribution in [-0.2, 0) is 0 Å². The molecule has 0 aliphatic heterocycles. The Kier molecular flexibility index (Phi) is 1.90. The van der Waals surface area contributed by atoms with E-state index in [1.807, 2.05) is 0 Å². The summed E-state index contributed by atoms with van der Waals surface area (Å²) in [6, 6.07) is 0.870. The molecule has 0 bridgehead atoms. The third kappa shape index (κ3) is 1.48. The second kappa shape index (κ2) is 2.49. The normalized spacial score (nSPS) is 35.2. The summed E-state index contributed by atoms with van der Waals surface area (Å²) in [5, 5.41) is 3.46. The number of nitrogens with one attached hydrogen (secondary N) is 1. The Labute approximate surface area is 51.5 Å². The van der Waals surface area contributed by atoms with Gasteiger partial charge < -0.3 is 5.32 Å². The largest absolute Gasteiger partial charge is 0.314 e. The first-order chi connectivity index (χ1) is 3.84. The summed E-state index contributed by atoms with van der Waals surface area (Å²) < 4.78 is 0. The van der Waals surface area contributed by atoms with E-state index in [0.717, 1.165) is 12.0 Å². The Bertz CT molecular complexity index is 70.8. The molecule has 2 atom stereocenters. The number of hydrogen-bond donors (Lipinski definition) is 1. The zero-order valence-corrected chi connectivity index (χ0v) is 5.78. The first-order valence-corrected chi connectivity index (χ1v) is 3.58. The van der Waals surface area contributed by atoms with Gasteiger partial charge in [0, 0.05) is 6.04 Å². The fourth-order valence-electron chi connectivity index (χ4n) is 0.936. The lowest BCUT2D eigenvalue weighted by Gasteiger charge is -1.96. The van der Waals surface area contributed by atoms with Gasteiger partial charge in [-0.3, -0.25) is 0 Å². The summed E-state index contributed by atoms with van der Waals surface area (Å²) in [4.78, 5) is 0. The predicted molar refractivity (Wildman–Crippen MR) is 35.9 cm³/mol. The quantitative estimate of drug-likeness (QED) is 0.583. The molecule has 48 valence electrons. The molecule has 1 aliphatic rings. The molecule has 1 rings (SSSR count). The maximum atomic E-state index is 3.46. The lowest BCUT2D eigenvalue weighted by Crippen LogP contribution is -2.18. The van der Waals surface area contributed by atoms with Crippen molar-refractivity contribution in [3.63, 3.8) is 0 Å². The van der Waals surface area contributed by atoms with Gasteiger partial charge in [-0.25, -0.2) is 0 Å². The Morgan fingerprint density at radius 3 is 2.62 bits per heavy atom. The standard InChI is InChI=1S/C7H15N/c1-3-4-8-7-5-6(7)2/h6-8H,3-5H2,1-2H3. The van der Waals surface area contributed by atoms with Crippen LogP contribution in [0.3, 0.4) is 0 Å². The second-order valence-electron chi connectivity index (χ2n) is 2.77. The molecule has 1 aliphatic carbocycles. The van der Waals surface area contributed by atoms with Crippen molar-refractivity contribution >= 4 is 0 Å². The van der Waals surface area contributed by atoms with Gasteiger partial charge in [-0.05, 0) is 25.3 Å². The Hall–Kier alpha value is -0.0400. The van der Waals surface area contributed by atoms with Gasteiger partial charge in [0.15, 0.2) is 0 Å². The van der Waals surface area contributed by atoms with E-state index in [4.69, 9.17) is 0 Å². The SMILES string of the molecule is CCCNC1CC1C. The zero-order chi connectivity index (χ0) is 5.98. The van der Waals surface area contributed by atoms with Crippen LogP contribution in [-0.4, -0.2) is 12.6 Å². The van der Waals surface area contributed by atoms with Crippen LogP contribution in [0, 0.1) is 5.92 Å². The van der Waals surface area contributed by atoms with Crippen LogP contribution >= 0.6 is 0 Å². The van der Waals surface area contributed by atoms with Gasteiger partial charge in [-0.2, -0.15) is 0 Å². The molecular formula is C7H15N. The van der Waals surface area contributed by atoms with Gasteiger partial charge >= 0.3 is 0 Å². The van der Waals surface area contributed by atoms with Gasteiger partial charge in [0.05, 0.1) is 0 Å². The average molecular weight is 113 g/mol. The van der Waals surface area contributed by atoms with Crippen molar-refractivity contribution in [2.24, 2.45) is 5.92 Å². The summed E-state index contributed by atoms with van der Waals surface area (Å²) in [6.07, 6.45) is 2.67. The Morgan fingerprint density at radius 1 is 1.62 bits per heavy atom. The molecule has 0 heterocycles. The van der Waals surface area contributed by atoms with Crippen LogP contribution in [0.4, 0.5) is 0 Å². The van der Waals surface area contributed by atoms with E-state index >= 15 is 0 Å². The Morgan fingerprint density at radius 2 is 2.25 bits per heavy atom. The second-order valence-corrected chi connectivity index (χ2v) is 2.77. The molecule has 1 saturated carbocycles. The van der Waals surface area contributed by atoms with Crippen LogP contribution < -0.4 is 5.32 Å². The van der Waals surface area contributed by atoms with Crippen LogP contribution in [0.25, 0.3) is 0 Å². The fraction of sp³-hybridized carbons (Fsp3) is 1.00. The molecule has 0 aromatic heterocycles. The van der Waals surface area contributed by atoms with E-state index in [1.165, 1.54) is 19.4 Å². The van der Waals surface area contributed by atoms with Crippen molar-refractivity contribution in [3.05, 3.63) is 0 Å². The Balaban J connectivity index is 1.89. The van der Waals surface area contributed by atoms with Crippen molar-refractivity contribution in [1.82, 2.24) is 5.32 Å². The molecule has 0 radical (unpaired) electrons. The summed E-state index contributed by atoms with van der Waals surface area (Å²) in [6.45, 7) is 5.71. The van der Waals surface area contributed by atoms with Crippen LogP contribution in [0.2, 0.25) is 0 Å². The van der Waals surface area contributed by atoms with Gasteiger partial charge in [0.2, 0.25) is 0 Å². The maximum absolute atomic E-state index is 3.46. The van der Waals surface area contributed by atoms with Crippen molar-refractivity contribution in [2.75, 3.05) is 6.54 Å². The molecule has 2 unspecified atom stereocenters. The molecule has 0 aromatic carbocycles. The molecule has 0 saturated heterocycles. The van der Waals surface area contributed by atoms with E-state index < -0.39 is 0 Å². The summed E-state index contributed by atoms with van der Waals surface area (Å²) in [5.74, 6) is 0.960. The van der Waals surface area contributed by atoms with E-state index in [2.05, 4.69) is 19.2 Å². The maximum Gasteiger partial charge on any atom is 0.00963 e. The zero-order valence-electron chi connectivity index (χ0n) is 5.78. The van der Waals surface area contributed by atoms with Crippen LogP contribution in [0.15, 0.2) is 0 Å². The highest BCUT2D eigenvalue weighted by Gasteiger charge is 2.30. The highest BCUT2D eigenvalue weighted by atomic mass is 15.0. The molecule has 0 amide bonds. The van der Waals surface area contributed by atoms with E-state index in [0.29, 0.717) is 0 Å². The molecule has 1 fully saturated rings.